The Kier molecular flexibility index (Phi) is 3.72. The lowest BCUT2D eigenvalue weighted by Gasteiger charge is -2.13. The van der Waals surface area contributed by atoms with Crippen LogP contribution in [0.15, 0.2) is 12.1 Å². The van der Waals surface area contributed by atoms with Crippen molar-refractivity contribution in [2.45, 2.75) is 6.36 Å². The van der Waals surface area contributed by atoms with E-state index in [-0.39, 0.29) is 10.6 Å². The van der Waals surface area contributed by atoms with Crippen LogP contribution in [0.1, 0.15) is 10.4 Å². The lowest BCUT2D eigenvalue weighted by atomic mass is 10.1. The first-order valence-corrected chi connectivity index (χ1v) is 4.55. The van der Waals surface area contributed by atoms with Gasteiger partial charge in [-0.2, -0.15) is 0 Å². The number of ether oxygens (including phenoxy) is 2. The van der Waals surface area contributed by atoms with Crippen LogP contribution >= 0.6 is 11.6 Å². The van der Waals surface area contributed by atoms with Gasteiger partial charge in [-0.1, -0.05) is 11.6 Å². The molecular weight excluding hydrogens is 263 g/mol. The van der Waals surface area contributed by atoms with Crippen LogP contribution in [-0.4, -0.2) is 19.4 Å². The van der Waals surface area contributed by atoms with Gasteiger partial charge in [-0.3, -0.25) is 0 Å². The zero-order valence-electron chi connectivity index (χ0n) is 8.47. The molecule has 0 fully saturated rings. The van der Waals surface area contributed by atoms with Gasteiger partial charge in [0, 0.05) is 11.1 Å². The summed E-state index contributed by atoms with van der Waals surface area (Å²) in [4.78, 5) is 11.2. The summed E-state index contributed by atoms with van der Waals surface area (Å²) in [5.41, 5.74) is 4.57. The molecule has 0 amide bonds. The third kappa shape index (κ3) is 3.42. The summed E-state index contributed by atoms with van der Waals surface area (Å²) in [7, 11) is 1.06. The lowest BCUT2D eigenvalue weighted by molar-refractivity contribution is -0.274. The quantitative estimate of drug-likeness (QED) is 0.662. The molecule has 1 rings (SSSR count). The molecule has 2 N–H and O–H groups in total. The van der Waals surface area contributed by atoms with Gasteiger partial charge in [0.2, 0.25) is 0 Å². The Balaban J connectivity index is 3.24. The molecule has 0 saturated heterocycles. The molecule has 0 aliphatic heterocycles. The van der Waals surface area contributed by atoms with E-state index < -0.39 is 23.8 Å². The lowest BCUT2D eigenvalue weighted by Crippen LogP contribution is -2.19. The van der Waals surface area contributed by atoms with E-state index in [0.29, 0.717) is 0 Å². The average molecular weight is 270 g/mol. The number of halogens is 4. The molecule has 94 valence electrons. The minimum absolute atomic E-state index is 0.126. The standard InChI is InChI=1S/C9H7ClF3NO3/c1-16-8(15)5-2-4(10)3-6(7(5)14)17-9(11,12)13/h2-3H,14H2,1H3. The molecular formula is C9H7ClF3NO3. The average Bonchev–Trinajstić information content (AvgIpc) is 2.19. The number of carbonyl (C=O) groups excluding carboxylic acids is 1. The number of benzene rings is 1. The summed E-state index contributed by atoms with van der Waals surface area (Å²) in [5, 5.41) is -0.126. The fourth-order valence-corrected chi connectivity index (χ4v) is 1.29. The molecule has 0 aromatic heterocycles. The number of anilines is 1. The van der Waals surface area contributed by atoms with Crippen LogP contribution < -0.4 is 10.5 Å². The van der Waals surface area contributed by atoms with Gasteiger partial charge in [0.15, 0.2) is 5.75 Å². The van der Waals surface area contributed by atoms with Crippen LogP contribution in [0.4, 0.5) is 18.9 Å². The van der Waals surface area contributed by atoms with Gasteiger partial charge >= 0.3 is 12.3 Å². The zero-order chi connectivity index (χ0) is 13.2. The van der Waals surface area contributed by atoms with Crippen molar-refractivity contribution >= 4 is 23.3 Å². The Morgan fingerprint density at radius 1 is 1.41 bits per heavy atom. The number of alkyl halides is 3. The fourth-order valence-electron chi connectivity index (χ4n) is 1.08. The van der Waals surface area contributed by atoms with Crippen LogP contribution in [0.5, 0.6) is 5.75 Å². The second-order valence-electron chi connectivity index (χ2n) is 2.90. The summed E-state index contributed by atoms with van der Waals surface area (Å²) >= 11 is 5.54. The number of esters is 1. The molecule has 8 heteroatoms. The van der Waals surface area contributed by atoms with Crippen molar-refractivity contribution in [3.63, 3.8) is 0 Å². The highest BCUT2D eigenvalue weighted by Crippen LogP contribution is 2.34. The molecule has 0 aliphatic carbocycles. The van der Waals surface area contributed by atoms with Crippen LogP contribution in [0.3, 0.4) is 0 Å². The number of hydrogen-bond acceptors (Lipinski definition) is 4. The van der Waals surface area contributed by atoms with E-state index in [1.807, 2.05) is 0 Å². The maximum atomic E-state index is 12.0. The molecule has 0 atom stereocenters. The molecule has 0 unspecified atom stereocenters. The number of nitrogens with two attached hydrogens (primary N) is 1. The molecule has 0 bridgehead atoms. The first kappa shape index (κ1) is 13.4. The second kappa shape index (κ2) is 4.70. The van der Waals surface area contributed by atoms with E-state index in [2.05, 4.69) is 9.47 Å². The van der Waals surface area contributed by atoms with Gasteiger partial charge in [0.05, 0.1) is 18.4 Å². The zero-order valence-corrected chi connectivity index (χ0v) is 9.22. The number of nitrogen functional groups attached to an aromatic ring is 1. The monoisotopic (exact) mass is 269 g/mol. The van der Waals surface area contributed by atoms with Gasteiger partial charge in [-0.05, 0) is 6.07 Å². The molecule has 0 heterocycles. The van der Waals surface area contributed by atoms with E-state index in [4.69, 9.17) is 17.3 Å². The Hall–Kier alpha value is -1.63. The van der Waals surface area contributed by atoms with Gasteiger partial charge in [0.25, 0.3) is 0 Å². The number of methoxy groups -OCH3 is 1. The number of hydrogen-bond donors (Lipinski definition) is 1. The summed E-state index contributed by atoms with van der Waals surface area (Å²) < 4.78 is 44.1. The molecule has 4 nitrogen and oxygen atoms in total. The van der Waals surface area contributed by atoms with Crippen molar-refractivity contribution in [2.75, 3.05) is 12.8 Å². The molecule has 0 spiro atoms. The maximum absolute atomic E-state index is 12.0. The summed E-state index contributed by atoms with van der Waals surface area (Å²) in [6.45, 7) is 0. The predicted molar refractivity (Wildman–Crippen MR) is 53.9 cm³/mol. The SMILES string of the molecule is COC(=O)c1cc(Cl)cc(OC(F)(F)F)c1N. The van der Waals surface area contributed by atoms with Crippen LogP contribution in [-0.2, 0) is 4.74 Å². The highest BCUT2D eigenvalue weighted by Gasteiger charge is 2.33. The minimum atomic E-state index is -4.92. The first-order valence-electron chi connectivity index (χ1n) is 4.17. The van der Waals surface area contributed by atoms with E-state index in [0.717, 1.165) is 19.2 Å². The normalized spacial score (nSPS) is 11.1. The van der Waals surface area contributed by atoms with Crippen molar-refractivity contribution in [1.29, 1.82) is 0 Å². The Morgan fingerprint density at radius 2 is 2.00 bits per heavy atom. The summed E-state index contributed by atoms with van der Waals surface area (Å²) in [5.74, 6) is -1.65. The molecule has 1 aromatic carbocycles. The molecule has 1 aromatic rings. The topological polar surface area (TPSA) is 61.5 Å². The largest absolute Gasteiger partial charge is 0.573 e. The van der Waals surface area contributed by atoms with E-state index >= 15 is 0 Å². The first-order chi connectivity index (χ1) is 7.74. The maximum Gasteiger partial charge on any atom is 0.573 e. The minimum Gasteiger partial charge on any atom is -0.465 e. The third-order valence-electron chi connectivity index (χ3n) is 1.74. The smallest absolute Gasteiger partial charge is 0.465 e. The van der Waals surface area contributed by atoms with Crippen molar-refractivity contribution in [1.82, 2.24) is 0 Å². The number of carbonyl (C=O) groups is 1. The van der Waals surface area contributed by atoms with Crippen molar-refractivity contribution in [2.24, 2.45) is 0 Å². The van der Waals surface area contributed by atoms with Crippen molar-refractivity contribution in [3.8, 4) is 5.75 Å². The van der Waals surface area contributed by atoms with E-state index in [1.165, 1.54) is 0 Å². The van der Waals surface area contributed by atoms with Gasteiger partial charge in [-0.25, -0.2) is 4.79 Å². The highest BCUT2D eigenvalue weighted by atomic mass is 35.5. The molecule has 0 aliphatic rings. The predicted octanol–water partition coefficient (Wildman–Crippen LogP) is 2.61. The Morgan fingerprint density at radius 3 is 2.47 bits per heavy atom. The van der Waals surface area contributed by atoms with Gasteiger partial charge in [-0.15, -0.1) is 13.2 Å². The van der Waals surface area contributed by atoms with Crippen molar-refractivity contribution in [3.05, 3.63) is 22.7 Å². The third-order valence-corrected chi connectivity index (χ3v) is 1.96. The fraction of sp³-hybridized carbons (Fsp3) is 0.222. The van der Waals surface area contributed by atoms with Crippen LogP contribution in [0.25, 0.3) is 0 Å². The van der Waals surface area contributed by atoms with Crippen molar-refractivity contribution < 1.29 is 27.4 Å². The second-order valence-corrected chi connectivity index (χ2v) is 3.34. The van der Waals surface area contributed by atoms with Gasteiger partial charge in [0.1, 0.15) is 0 Å². The molecule has 0 saturated carbocycles. The van der Waals surface area contributed by atoms with Crippen LogP contribution in [0.2, 0.25) is 5.02 Å². The van der Waals surface area contributed by atoms with Gasteiger partial charge < -0.3 is 15.2 Å². The summed E-state index contributed by atoms with van der Waals surface area (Å²) in [6, 6.07) is 1.95. The Labute approximate surface area is 99.1 Å². The number of rotatable bonds is 2. The molecule has 17 heavy (non-hydrogen) atoms. The molecule has 0 radical (unpaired) electrons. The highest BCUT2D eigenvalue weighted by molar-refractivity contribution is 6.31. The summed E-state index contributed by atoms with van der Waals surface area (Å²) in [6.07, 6.45) is -4.92. The van der Waals surface area contributed by atoms with E-state index in [1.54, 1.807) is 0 Å². The van der Waals surface area contributed by atoms with Crippen LogP contribution in [0, 0.1) is 0 Å². The van der Waals surface area contributed by atoms with E-state index in [9.17, 15) is 18.0 Å². The Bertz CT molecular complexity index is 448.